The lowest BCUT2D eigenvalue weighted by Gasteiger charge is -2.02. The first-order chi connectivity index (χ1) is 5.93. The fourth-order valence-corrected chi connectivity index (χ4v) is 1.79. The normalized spacial score (nSPS) is 12.0. The highest BCUT2D eigenvalue weighted by Crippen LogP contribution is 2.26. The van der Waals surface area contributed by atoms with E-state index < -0.39 is 26.1 Å². The minimum atomic E-state index is -4.20. The van der Waals surface area contributed by atoms with Crippen LogP contribution in [0.15, 0.2) is 23.4 Å². The van der Waals surface area contributed by atoms with Gasteiger partial charge < -0.3 is 0 Å². The summed E-state index contributed by atoms with van der Waals surface area (Å²) in [7, 11) is 0.687. The highest BCUT2D eigenvalue weighted by molar-refractivity contribution is 8.13. The summed E-state index contributed by atoms with van der Waals surface area (Å²) in [4.78, 5) is 3.27. The maximum Gasteiger partial charge on any atom is 0.279 e. The SMILES string of the molecule is O=S(=O)(Cl)c1ncccc1C(F)F. The molecule has 0 radical (unpaired) electrons. The summed E-state index contributed by atoms with van der Waals surface area (Å²) in [6.07, 6.45) is -1.82. The van der Waals surface area contributed by atoms with Crippen LogP contribution in [0.25, 0.3) is 0 Å². The fourth-order valence-electron chi connectivity index (χ4n) is 0.773. The lowest BCUT2D eigenvalue weighted by molar-refractivity contribution is 0.147. The van der Waals surface area contributed by atoms with Crippen LogP contribution in [0.5, 0.6) is 0 Å². The van der Waals surface area contributed by atoms with Gasteiger partial charge in [-0.1, -0.05) is 0 Å². The van der Waals surface area contributed by atoms with Crippen molar-refractivity contribution < 1.29 is 17.2 Å². The molecule has 0 unspecified atom stereocenters. The Hall–Kier alpha value is -0.750. The molecule has 1 rings (SSSR count). The van der Waals surface area contributed by atoms with Crippen LogP contribution >= 0.6 is 10.7 Å². The molecule has 0 aromatic carbocycles. The average molecular weight is 228 g/mol. The molecule has 0 atom stereocenters. The average Bonchev–Trinajstić information content (AvgIpc) is 2.03. The molecule has 0 aliphatic rings. The predicted molar refractivity (Wildman–Crippen MR) is 42.2 cm³/mol. The van der Waals surface area contributed by atoms with Crippen LogP contribution in [-0.2, 0) is 9.05 Å². The highest BCUT2D eigenvalue weighted by Gasteiger charge is 2.22. The second-order valence-electron chi connectivity index (χ2n) is 2.14. The van der Waals surface area contributed by atoms with E-state index in [-0.39, 0.29) is 0 Å². The van der Waals surface area contributed by atoms with Crippen LogP contribution in [0.3, 0.4) is 0 Å². The number of hydrogen-bond acceptors (Lipinski definition) is 3. The number of hydrogen-bond donors (Lipinski definition) is 0. The van der Waals surface area contributed by atoms with Gasteiger partial charge in [-0.05, 0) is 12.1 Å². The predicted octanol–water partition coefficient (Wildman–Crippen LogP) is 1.95. The van der Waals surface area contributed by atoms with Crippen molar-refractivity contribution in [3.05, 3.63) is 23.9 Å². The van der Waals surface area contributed by atoms with Crippen molar-refractivity contribution in [2.24, 2.45) is 0 Å². The van der Waals surface area contributed by atoms with Gasteiger partial charge in [-0.3, -0.25) is 0 Å². The highest BCUT2D eigenvalue weighted by atomic mass is 35.7. The van der Waals surface area contributed by atoms with Crippen LogP contribution in [0, 0.1) is 0 Å². The number of pyridine rings is 1. The molecule has 0 aliphatic carbocycles. The topological polar surface area (TPSA) is 47.0 Å². The van der Waals surface area contributed by atoms with Crippen molar-refractivity contribution in [3.8, 4) is 0 Å². The van der Waals surface area contributed by atoms with E-state index in [0.29, 0.717) is 0 Å². The summed E-state index contributed by atoms with van der Waals surface area (Å²) < 4.78 is 45.8. The monoisotopic (exact) mass is 227 g/mol. The van der Waals surface area contributed by atoms with E-state index in [1.165, 1.54) is 6.07 Å². The maximum atomic E-state index is 12.2. The van der Waals surface area contributed by atoms with Gasteiger partial charge in [-0.25, -0.2) is 22.2 Å². The van der Waals surface area contributed by atoms with Gasteiger partial charge in [0.1, 0.15) is 0 Å². The maximum absolute atomic E-state index is 12.2. The Morgan fingerprint density at radius 2 is 2.08 bits per heavy atom. The third-order valence-electron chi connectivity index (χ3n) is 1.27. The molecule has 0 aliphatic heterocycles. The van der Waals surface area contributed by atoms with Gasteiger partial charge in [-0.2, -0.15) is 0 Å². The Morgan fingerprint density at radius 1 is 1.46 bits per heavy atom. The number of halogens is 3. The molecule has 0 fully saturated rings. The molecule has 1 heterocycles. The third kappa shape index (κ3) is 2.35. The van der Waals surface area contributed by atoms with E-state index in [1.54, 1.807) is 0 Å². The van der Waals surface area contributed by atoms with Crippen molar-refractivity contribution in [2.75, 3.05) is 0 Å². The standard InChI is InChI=1S/C6H4ClF2NO2S/c7-13(11,12)6-4(5(8)9)2-1-3-10-6/h1-3,5H. The number of alkyl halides is 2. The van der Waals surface area contributed by atoms with Gasteiger partial charge in [0.05, 0.1) is 5.56 Å². The Balaban J connectivity index is 3.37. The van der Waals surface area contributed by atoms with Gasteiger partial charge in [0.25, 0.3) is 15.5 Å². The molecule has 0 N–H and O–H groups in total. The Bertz CT molecular complexity index is 407. The van der Waals surface area contributed by atoms with E-state index in [9.17, 15) is 17.2 Å². The second-order valence-corrected chi connectivity index (χ2v) is 4.62. The van der Waals surface area contributed by atoms with E-state index in [1.807, 2.05) is 0 Å². The summed E-state index contributed by atoms with van der Waals surface area (Å²) in [6.45, 7) is 0. The van der Waals surface area contributed by atoms with Crippen LogP contribution < -0.4 is 0 Å². The number of rotatable bonds is 2. The molecule has 1 aromatic rings. The molecular weight excluding hydrogens is 224 g/mol. The zero-order chi connectivity index (χ0) is 10.1. The van der Waals surface area contributed by atoms with Gasteiger partial charge >= 0.3 is 0 Å². The molecule has 1 aromatic heterocycles. The number of aromatic nitrogens is 1. The zero-order valence-electron chi connectivity index (χ0n) is 6.12. The van der Waals surface area contributed by atoms with Crippen LogP contribution in [0.4, 0.5) is 8.78 Å². The molecule has 72 valence electrons. The van der Waals surface area contributed by atoms with Crippen LogP contribution in [0.1, 0.15) is 12.0 Å². The lowest BCUT2D eigenvalue weighted by Crippen LogP contribution is -2.01. The molecule has 7 heteroatoms. The smallest absolute Gasteiger partial charge is 0.243 e. The lowest BCUT2D eigenvalue weighted by atomic mass is 10.3. The molecule has 3 nitrogen and oxygen atoms in total. The molecule has 0 saturated carbocycles. The molecular formula is C6H4ClF2NO2S. The summed E-state index contributed by atoms with van der Waals surface area (Å²) in [5.41, 5.74) is -0.683. The van der Waals surface area contributed by atoms with Crippen molar-refractivity contribution in [1.29, 1.82) is 0 Å². The number of nitrogens with zero attached hydrogens (tertiary/aromatic N) is 1. The quantitative estimate of drug-likeness (QED) is 0.726. The Kier molecular flexibility index (Phi) is 2.82. The summed E-state index contributed by atoms with van der Waals surface area (Å²) in [5.74, 6) is 0. The molecule has 0 saturated heterocycles. The summed E-state index contributed by atoms with van der Waals surface area (Å²) in [6, 6.07) is 2.18. The van der Waals surface area contributed by atoms with Crippen molar-refractivity contribution in [1.82, 2.24) is 4.98 Å². The van der Waals surface area contributed by atoms with E-state index in [0.717, 1.165) is 12.3 Å². The van der Waals surface area contributed by atoms with Gasteiger partial charge in [-0.15, -0.1) is 0 Å². The van der Waals surface area contributed by atoms with Crippen LogP contribution in [-0.4, -0.2) is 13.4 Å². The van der Waals surface area contributed by atoms with Crippen molar-refractivity contribution in [2.45, 2.75) is 11.5 Å². The fraction of sp³-hybridized carbons (Fsp3) is 0.167. The first-order valence-corrected chi connectivity index (χ1v) is 5.41. The zero-order valence-corrected chi connectivity index (χ0v) is 7.69. The van der Waals surface area contributed by atoms with E-state index in [4.69, 9.17) is 10.7 Å². The molecule has 13 heavy (non-hydrogen) atoms. The molecule has 0 spiro atoms. The Labute approximate surface area is 77.8 Å². The summed E-state index contributed by atoms with van der Waals surface area (Å²) in [5, 5.41) is -0.785. The first-order valence-electron chi connectivity index (χ1n) is 3.10. The minimum absolute atomic E-state index is 0.683. The van der Waals surface area contributed by atoms with Crippen molar-refractivity contribution in [3.63, 3.8) is 0 Å². The van der Waals surface area contributed by atoms with Gasteiger partial charge in [0.15, 0.2) is 5.03 Å². The third-order valence-corrected chi connectivity index (χ3v) is 2.51. The van der Waals surface area contributed by atoms with E-state index >= 15 is 0 Å². The van der Waals surface area contributed by atoms with Gasteiger partial charge in [0.2, 0.25) is 0 Å². The van der Waals surface area contributed by atoms with E-state index in [2.05, 4.69) is 4.98 Å². The molecule has 0 amide bonds. The minimum Gasteiger partial charge on any atom is -0.243 e. The Morgan fingerprint density at radius 3 is 2.46 bits per heavy atom. The van der Waals surface area contributed by atoms with Crippen molar-refractivity contribution >= 4 is 19.7 Å². The van der Waals surface area contributed by atoms with Gasteiger partial charge in [0, 0.05) is 16.9 Å². The first kappa shape index (κ1) is 10.3. The van der Waals surface area contributed by atoms with Crippen LogP contribution in [0.2, 0.25) is 0 Å². The summed E-state index contributed by atoms with van der Waals surface area (Å²) >= 11 is 0. The largest absolute Gasteiger partial charge is 0.279 e. The molecule has 0 bridgehead atoms. The second kappa shape index (κ2) is 3.55.